The first-order valence-electron chi connectivity index (χ1n) is 8.02. The molecule has 1 fully saturated rings. The van der Waals surface area contributed by atoms with E-state index in [1.54, 1.807) is 13.8 Å². The molecule has 128 valence electrons. The van der Waals surface area contributed by atoms with Gasteiger partial charge in [-0.3, -0.25) is 14.4 Å². The van der Waals surface area contributed by atoms with Crippen molar-refractivity contribution >= 4 is 17.3 Å². The molecule has 6 heteroatoms. The van der Waals surface area contributed by atoms with Gasteiger partial charge >= 0.3 is 0 Å². The number of benzene rings is 1. The predicted molar refractivity (Wildman–Crippen MR) is 84.1 cm³/mol. The third-order valence-corrected chi connectivity index (χ3v) is 5.06. The molecule has 0 saturated heterocycles. The molecule has 5 atom stereocenters. The normalized spacial score (nSPS) is 32.5. The van der Waals surface area contributed by atoms with Crippen molar-refractivity contribution in [1.29, 1.82) is 0 Å². The fourth-order valence-electron chi connectivity index (χ4n) is 3.97. The van der Waals surface area contributed by atoms with Gasteiger partial charge in [-0.05, 0) is 13.0 Å². The molecule has 1 saturated carbocycles. The van der Waals surface area contributed by atoms with Gasteiger partial charge in [0.25, 0.3) is 0 Å². The summed E-state index contributed by atoms with van der Waals surface area (Å²) in [6.45, 7) is 3.77. The van der Waals surface area contributed by atoms with Crippen LogP contribution in [0.3, 0.4) is 0 Å². The summed E-state index contributed by atoms with van der Waals surface area (Å²) in [5.41, 5.74) is 0.158. The maximum absolute atomic E-state index is 13.1. The van der Waals surface area contributed by atoms with Crippen molar-refractivity contribution in [1.82, 2.24) is 0 Å². The third kappa shape index (κ3) is 2.21. The smallest absolute Gasteiger partial charge is 0.173 e. The minimum atomic E-state index is -0.978. The number of methoxy groups -OCH3 is 1. The zero-order valence-electron chi connectivity index (χ0n) is 13.8. The van der Waals surface area contributed by atoms with Crippen molar-refractivity contribution in [2.45, 2.75) is 26.1 Å². The number of phenols is 1. The molecule has 0 aliphatic heterocycles. The Balaban J connectivity index is 2.20. The minimum absolute atomic E-state index is 0.0184. The van der Waals surface area contributed by atoms with Crippen LogP contribution in [0, 0.1) is 17.8 Å². The molecule has 1 aromatic rings. The Morgan fingerprint density at radius 3 is 2.46 bits per heavy atom. The van der Waals surface area contributed by atoms with E-state index < -0.39 is 30.0 Å². The second kappa shape index (κ2) is 6.11. The topological polar surface area (TPSA) is 89.9 Å². The van der Waals surface area contributed by atoms with E-state index in [0.717, 1.165) is 0 Å². The van der Waals surface area contributed by atoms with Crippen LogP contribution in [0.15, 0.2) is 18.2 Å². The van der Waals surface area contributed by atoms with Gasteiger partial charge in [0.15, 0.2) is 17.3 Å². The largest absolute Gasteiger partial charge is 0.507 e. The van der Waals surface area contributed by atoms with E-state index in [9.17, 15) is 19.5 Å². The number of hydrogen-bond donors (Lipinski definition) is 1. The fraction of sp³-hybridized carbons (Fsp3) is 0.500. The second-order valence-electron chi connectivity index (χ2n) is 6.25. The summed E-state index contributed by atoms with van der Waals surface area (Å²) in [6.07, 6.45) is -1.68. The zero-order chi connectivity index (χ0) is 17.6. The van der Waals surface area contributed by atoms with Crippen LogP contribution in [0.1, 0.15) is 34.6 Å². The predicted octanol–water partition coefficient (Wildman–Crippen LogP) is 1.64. The summed E-state index contributed by atoms with van der Waals surface area (Å²) in [5, 5.41) is 10.1. The SMILES string of the molecule is CCO[C@H]1[C@H]2C(=O)c3c(O)cccc3C(=O)[C@H]2[C@@H](OC)C(=O)[C@H]1C. The number of hydrogen-bond acceptors (Lipinski definition) is 6. The number of carbonyl (C=O) groups is 3. The van der Waals surface area contributed by atoms with Crippen LogP contribution in [0.5, 0.6) is 5.75 Å². The maximum Gasteiger partial charge on any atom is 0.173 e. The van der Waals surface area contributed by atoms with E-state index in [1.165, 1.54) is 25.3 Å². The first-order valence-corrected chi connectivity index (χ1v) is 8.02. The lowest BCUT2D eigenvalue weighted by Gasteiger charge is -2.45. The Bertz CT molecular complexity index is 709. The standard InChI is InChI=1S/C18H20O6/c1-4-24-17-8(2)14(20)18(23-3)12-13(17)16(22)11-9(15(12)21)6-5-7-10(11)19/h5-8,12-13,17-19H,4H2,1-3H3/t8-,12+,13-,17-,18-/m1/s1. The Morgan fingerprint density at radius 1 is 1.12 bits per heavy atom. The number of carbonyl (C=O) groups excluding carboxylic acids is 3. The monoisotopic (exact) mass is 332 g/mol. The molecule has 3 rings (SSSR count). The number of ether oxygens (including phenoxy) is 2. The molecule has 0 unspecified atom stereocenters. The Labute approximate surface area is 139 Å². The quantitative estimate of drug-likeness (QED) is 0.905. The average molecular weight is 332 g/mol. The molecule has 0 bridgehead atoms. The van der Waals surface area contributed by atoms with E-state index in [4.69, 9.17) is 9.47 Å². The van der Waals surface area contributed by atoms with E-state index in [-0.39, 0.29) is 34.2 Å². The summed E-state index contributed by atoms with van der Waals surface area (Å²) in [7, 11) is 1.36. The van der Waals surface area contributed by atoms with Crippen molar-refractivity contribution in [2.24, 2.45) is 17.8 Å². The van der Waals surface area contributed by atoms with E-state index in [0.29, 0.717) is 6.61 Å². The third-order valence-electron chi connectivity index (χ3n) is 5.06. The van der Waals surface area contributed by atoms with Crippen molar-refractivity contribution < 1.29 is 29.0 Å². The van der Waals surface area contributed by atoms with Crippen LogP contribution in [0.2, 0.25) is 0 Å². The van der Waals surface area contributed by atoms with Crippen LogP contribution >= 0.6 is 0 Å². The number of phenolic OH excluding ortho intramolecular Hbond substituents is 1. The van der Waals surface area contributed by atoms with Gasteiger partial charge in [0.1, 0.15) is 11.9 Å². The second-order valence-corrected chi connectivity index (χ2v) is 6.25. The lowest BCUT2D eigenvalue weighted by atomic mass is 9.61. The summed E-state index contributed by atoms with van der Waals surface area (Å²) in [4.78, 5) is 38.6. The van der Waals surface area contributed by atoms with Crippen LogP contribution in [-0.4, -0.2) is 48.4 Å². The number of Topliss-reactive ketones (excluding diaryl/α,β-unsaturated/α-hetero) is 3. The van der Waals surface area contributed by atoms with E-state index in [2.05, 4.69) is 0 Å². The number of aromatic hydroxyl groups is 1. The highest BCUT2D eigenvalue weighted by Gasteiger charge is 2.58. The molecule has 0 amide bonds. The van der Waals surface area contributed by atoms with Crippen LogP contribution in [0.4, 0.5) is 0 Å². The van der Waals surface area contributed by atoms with Gasteiger partial charge in [0, 0.05) is 25.2 Å². The molecular formula is C18H20O6. The molecule has 0 spiro atoms. The highest BCUT2D eigenvalue weighted by Crippen LogP contribution is 2.44. The number of rotatable bonds is 3. The molecule has 1 aromatic carbocycles. The van der Waals surface area contributed by atoms with Gasteiger partial charge in [0.2, 0.25) is 0 Å². The Morgan fingerprint density at radius 2 is 1.83 bits per heavy atom. The van der Waals surface area contributed by atoms with Gasteiger partial charge in [-0.25, -0.2) is 0 Å². The van der Waals surface area contributed by atoms with Gasteiger partial charge < -0.3 is 14.6 Å². The first-order chi connectivity index (χ1) is 11.4. The van der Waals surface area contributed by atoms with Crippen LogP contribution in [0.25, 0.3) is 0 Å². The highest BCUT2D eigenvalue weighted by atomic mass is 16.5. The zero-order valence-corrected chi connectivity index (χ0v) is 13.8. The van der Waals surface area contributed by atoms with Gasteiger partial charge in [-0.15, -0.1) is 0 Å². The fourth-order valence-corrected chi connectivity index (χ4v) is 3.97. The minimum Gasteiger partial charge on any atom is -0.507 e. The molecule has 0 radical (unpaired) electrons. The molecular weight excluding hydrogens is 312 g/mol. The average Bonchev–Trinajstić information content (AvgIpc) is 2.56. The molecule has 2 aliphatic rings. The summed E-state index contributed by atoms with van der Waals surface area (Å²) < 4.78 is 11.0. The highest BCUT2D eigenvalue weighted by molar-refractivity contribution is 6.19. The van der Waals surface area contributed by atoms with Gasteiger partial charge in [-0.1, -0.05) is 19.1 Å². The lowest BCUT2D eigenvalue weighted by molar-refractivity contribution is -0.152. The van der Waals surface area contributed by atoms with Crippen molar-refractivity contribution in [2.75, 3.05) is 13.7 Å². The lowest BCUT2D eigenvalue weighted by Crippen LogP contribution is -2.60. The number of ketones is 3. The van der Waals surface area contributed by atoms with E-state index >= 15 is 0 Å². The Hall–Kier alpha value is -2.05. The maximum atomic E-state index is 13.1. The van der Waals surface area contributed by atoms with Crippen LogP contribution in [-0.2, 0) is 14.3 Å². The molecule has 6 nitrogen and oxygen atoms in total. The molecule has 0 aromatic heterocycles. The summed E-state index contributed by atoms with van der Waals surface area (Å²) in [5.74, 6) is -3.51. The number of fused-ring (bicyclic) bond motifs is 2. The van der Waals surface area contributed by atoms with Gasteiger partial charge in [-0.2, -0.15) is 0 Å². The molecule has 24 heavy (non-hydrogen) atoms. The summed E-state index contributed by atoms with van der Waals surface area (Å²) >= 11 is 0. The molecule has 0 heterocycles. The van der Waals surface area contributed by atoms with Crippen molar-refractivity contribution in [3.05, 3.63) is 29.3 Å². The molecule has 1 N–H and O–H groups in total. The van der Waals surface area contributed by atoms with Crippen molar-refractivity contribution in [3.8, 4) is 5.75 Å². The van der Waals surface area contributed by atoms with Crippen LogP contribution < -0.4 is 0 Å². The van der Waals surface area contributed by atoms with Gasteiger partial charge in [0.05, 0.1) is 23.5 Å². The first kappa shape index (κ1) is 16.8. The molecule has 2 aliphatic carbocycles. The van der Waals surface area contributed by atoms with Crippen molar-refractivity contribution in [3.63, 3.8) is 0 Å². The Kier molecular flexibility index (Phi) is 4.27. The van der Waals surface area contributed by atoms with E-state index in [1.807, 2.05) is 0 Å². The summed E-state index contributed by atoms with van der Waals surface area (Å²) in [6, 6.07) is 4.39.